The Morgan fingerprint density at radius 3 is 2.60 bits per heavy atom. The fraction of sp³-hybridized carbons (Fsp3) is 0.643. The molecule has 20 heavy (non-hydrogen) atoms. The van der Waals surface area contributed by atoms with Gasteiger partial charge >= 0.3 is 5.97 Å². The molecule has 110 valence electrons. The van der Waals surface area contributed by atoms with Crippen molar-refractivity contribution in [3.8, 4) is 0 Å². The molecule has 2 heterocycles. The van der Waals surface area contributed by atoms with Crippen LogP contribution in [0.2, 0.25) is 0 Å². The van der Waals surface area contributed by atoms with Crippen molar-refractivity contribution in [1.82, 2.24) is 14.7 Å². The molecule has 1 aliphatic heterocycles. The lowest BCUT2D eigenvalue weighted by molar-refractivity contribution is -0.147. The van der Waals surface area contributed by atoms with Gasteiger partial charge < -0.3 is 10.0 Å². The zero-order valence-electron chi connectivity index (χ0n) is 12.4. The van der Waals surface area contributed by atoms with E-state index < -0.39 is 11.5 Å². The van der Waals surface area contributed by atoms with E-state index >= 15 is 0 Å². The molecule has 1 aromatic rings. The van der Waals surface area contributed by atoms with Gasteiger partial charge in [-0.3, -0.25) is 9.48 Å². The van der Waals surface area contributed by atoms with E-state index in [4.69, 9.17) is 0 Å². The summed E-state index contributed by atoms with van der Waals surface area (Å²) in [5, 5.41) is 13.7. The molecule has 0 saturated carbocycles. The molecule has 1 N–H and O–H groups in total. The maximum Gasteiger partial charge on any atom is 0.329 e. The van der Waals surface area contributed by atoms with Gasteiger partial charge in [0.2, 0.25) is 0 Å². The van der Waals surface area contributed by atoms with Crippen LogP contribution in [0.5, 0.6) is 0 Å². The van der Waals surface area contributed by atoms with Crippen LogP contribution in [0.25, 0.3) is 0 Å². The van der Waals surface area contributed by atoms with Gasteiger partial charge in [0.25, 0.3) is 5.91 Å². The molecule has 1 aliphatic rings. The van der Waals surface area contributed by atoms with Crippen molar-refractivity contribution in [1.29, 1.82) is 0 Å². The minimum atomic E-state index is -1.11. The summed E-state index contributed by atoms with van der Waals surface area (Å²) in [5.74, 6) is -0.976. The predicted molar refractivity (Wildman–Crippen MR) is 73.6 cm³/mol. The van der Waals surface area contributed by atoms with Gasteiger partial charge in [-0.05, 0) is 31.7 Å². The maximum absolute atomic E-state index is 12.6. The van der Waals surface area contributed by atoms with Crippen LogP contribution in [-0.4, -0.2) is 43.7 Å². The van der Waals surface area contributed by atoms with Crippen molar-refractivity contribution in [2.24, 2.45) is 7.05 Å². The van der Waals surface area contributed by atoms with Crippen LogP contribution in [0.3, 0.4) is 0 Å². The van der Waals surface area contributed by atoms with Gasteiger partial charge in [-0.1, -0.05) is 13.8 Å². The molecule has 1 fully saturated rings. The number of hydrogen-bond acceptors (Lipinski definition) is 3. The van der Waals surface area contributed by atoms with Gasteiger partial charge in [0.05, 0.1) is 5.69 Å². The second-order valence-corrected chi connectivity index (χ2v) is 5.87. The van der Waals surface area contributed by atoms with Crippen LogP contribution >= 0.6 is 0 Å². The third-order valence-electron chi connectivity index (χ3n) is 4.06. The maximum atomic E-state index is 12.6. The second kappa shape index (κ2) is 4.92. The summed E-state index contributed by atoms with van der Waals surface area (Å²) < 4.78 is 1.54. The third kappa shape index (κ3) is 2.19. The molecule has 6 heteroatoms. The number of aliphatic carboxylic acids is 1. The number of carboxylic acid groups (broad SMARTS) is 1. The van der Waals surface area contributed by atoms with Gasteiger partial charge in [0.1, 0.15) is 11.2 Å². The Morgan fingerprint density at radius 1 is 1.45 bits per heavy atom. The van der Waals surface area contributed by atoms with Crippen LogP contribution in [-0.2, 0) is 11.8 Å². The number of hydrogen-bond donors (Lipinski definition) is 1. The number of nitrogens with zero attached hydrogens (tertiary/aromatic N) is 3. The number of carbonyl (C=O) groups excluding carboxylic acids is 1. The second-order valence-electron chi connectivity index (χ2n) is 5.87. The predicted octanol–water partition coefficient (Wildman–Crippen LogP) is 1.62. The molecule has 1 atom stereocenters. The van der Waals surface area contributed by atoms with Gasteiger partial charge in [0, 0.05) is 13.6 Å². The summed E-state index contributed by atoms with van der Waals surface area (Å²) in [6, 6.07) is 1.76. The van der Waals surface area contributed by atoms with E-state index in [9.17, 15) is 14.7 Å². The Kier molecular flexibility index (Phi) is 3.58. The first kappa shape index (κ1) is 14.6. The first-order chi connectivity index (χ1) is 9.27. The van der Waals surface area contributed by atoms with E-state index in [1.165, 1.54) is 9.58 Å². The highest BCUT2D eigenvalue weighted by molar-refractivity contribution is 5.97. The fourth-order valence-corrected chi connectivity index (χ4v) is 2.62. The van der Waals surface area contributed by atoms with E-state index in [0.717, 1.165) is 5.69 Å². The highest BCUT2D eigenvalue weighted by Gasteiger charge is 2.46. The quantitative estimate of drug-likeness (QED) is 0.912. The summed E-state index contributed by atoms with van der Waals surface area (Å²) in [4.78, 5) is 25.5. The Morgan fingerprint density at radius 2 is 2.10 bits per heavy atom. The molecule has 1 amide bonds. The number of carboxylic acids is 1. The number of carbonyl (C=O) groups is 2. The molecule has 6 nitrogen and oxygen atoms in total. The number of aryl methyl sites for hydroxylation is 1. The number of amides is 1. The van der Waals surface area contributed by atoms with E-state index in [2.05, 4.69) is 5.10 Å². The zero-order chi connectivity index (χ0) is 15.1. The zero-order valence-corrected chi connectivity index (χ0v) is 12.4. The normalized spacial score (nSPS) is 22.6. The lowest BCUT2D eigenvalue weighted by atomic mass is 9.99. The fourth-order valence-electron chi connectivity index (χ4n) is 2.62. The largest absolute Gasteiger partial charge is 0.480 e. The van der Waals surface area contributed by atoms with Gasteiger partial charge in [-0.25, -0.2) is 4.79 Å². The third-order valence-corrected chi connectivity index (χ3v) is 4.06. The first-order valence-corrected chi connectivity index (χ1v) is 6.86. The SMILES string of the molecule is CC(C)c1cc(C(=O)N2CCCC2(C)C(=O)O)n(C)n1. The van der Waals surface area contributed by atoms with Crippen LogP contribution in [0.1, 0.15) is 55.7 Å². The molecule has 2 rings (SSSR count). The topological polar surface area (TPSA) is 75.4 Å². The number of aromatic nitrogens is 2. The lowest BCUT2D eigenvalue weighted by Gasteiger charge is -2.31. The van der Waals surface area contributed by atoms with Crippen LogP contribution in [0.15, 0.2) is 6.07 Å². The minimum absolute atomic E-state index is 0.229. The van der Waals surface area contributed by atoms with Crippen molar-refractivity contribution in [3.05, 3.63) is 17.5 Å². The molecular formula is C14H21N3O3. The standard InChI is InChI=1S/C14H21N3O3/c1-9(2)10-8-11(16(4)15-10)12(18)17-7-5-6-14(17,3)13(19)20/h8-9H,5-7H2,1-4H3,(H,19,20). The van der Waals surface area contributed by atoms with Gasteiger partial charge in [0.15, 0.2) is 0 Å². The molecule has 0 spiro atoms. The molecule has 1 aromatic heterocycles. The first-order valence-electron chi connectivity index (χ1n) is 6.86. The highest BCUT2D eigenvalue weighted by atomic mass is 16.4. The van der Waals surface area contributed by atoms with E-state index in [1.54, 1.807) is 20.0 Å². The molecule has 1 unspecified atom stereocenters. The minimum Gasteiger partial charge on any atom is -0.480 e. The van der Waals surface area contributed by atoms with Gasteiger partial charge in [-0.2, -0.15) is 5.10 Å². The van der Waals surface area contributed by atoms with Crippen LogP contribution < -0.4 is 0 Å². The average molecular weight is 279 g/mol. The van der Waals surface area contributed by atoms with Crippen molar-refractivity contribution in [2.45, 2.75) is 45.1 Å². The molecular weight excluding hydrogens is 258 g/mol. The van der Waals surface area contributed by atoms with Crippen LogP contribution in [0.4, 0.5) is 0 Å². The summed E-state index contributed by atoms with van der Waals surface area (Å²) in [6.45, 7) is 6.10. The van der Waals surface area contributed by atoms with E-state index in [1.807, 2.05) is 13.8 Å². The van der Waals surface area contributed by atoms with E-state index in [0.29, 0.717) is 25.1 Å². The Bertz CT molecular complexity index is 550. The smallest absolute Gasteiger partial charge is 0.329 e. The van der Waals surface area contributed by atoms with E-state index in [-0.39, 0.29) is 11.8 Å². The van der Waals surface area contributed by atoms with Crippen molar-refractivity contribution in [3.63, 3.8) is 0 Å². The lowest BCUT2D eigenvalue weighted by Crippen LogP contribution is -2.51. The number of likely N-dealkylation sites (tertiary alicyclic amines) is 1. The summed E-state index contributed by atoms with van der Waals surface area (Å²) >= 11 is 0. The average Bonchev–Trinajstić information content (AvgIpc) is 2.93. The van der Waals surface area contributed by atoms with Crippen molar-refractivity contribution >= 4 is 11.9 Å². The van der Waals surface area contributed by atoms with Gasteiger partial charge in [-0.15, -0.1) is 0 Å². The molecule has 0 bridgehead atoms. The van der Waals surface area contributed by atoms with Crippen molar-refractivity contribution < 1.29 is 14.7 Å². The molecule has 0 aromatic carbocycles. The summed E-state index contributed by atoms with van der Waals surface area (Å²) in [7, 11) is 1.72. The van der Waals surface area contributed by atoms with Crippen molar-refractivity contribution in [2.75, 3.05) is 6.54 Å². The Balaban J connectivity index is 2.34. The molecule has 1 saturated heterocycles. The monoisotopic (exact) mass is 279 g/mol. The highest BCUT2D eigenvalue weighted by Crippen LogP contribution is 2.31. The summed E-state index contributed by atoms with van der Waals surface area (Å²) in [6.07, 6.45) is 1.20. The Labute approximate surface area is 118 Å². The summed E-state index contributed by atoms with van der Waals surface area (Å²) in [5.41, 5.74) is 0.175. The molecule has 0 aliphatic carbocycles. The van der Waals surface area contributed by atoms with Crippen LogP contribution in [0, 0.1) is 0 Å². The Hall–Kier alpha value is -1.85. The number of rotatable bonds is 3. The molecule has 0 radical (unpaired) electrons.